The average Bonchev–Trinajstić information content (AvgIpc) is 3.10. The highest BCUT2D eigenvalue weighted by atomic mass is 32.1. The van der Waals surface area contributed by atoms with Gasteiger partial charge in [-0.2, -0.15) is 13.2 Å². The lowest BCUT2D eigenvalue weighted by Gasteiger charge is -2.21. The number of hydrogen-bond donors (Lipinski definition) is 1. The Hall–Kier alpha value is -1.30. The molecule has 0 saturated heterocycles. The molecule has 0 atom stereocenters. The fraction of sp³-hybridized carbons (Fsp3) is 0.462. The molecule has 1 aliphatic carbocycles. The van der Waals surface area contributed by atoms with Crippen molar-refractivity contribution in [2.24, 2.45) is 11.7 Å². The molecular formula is C13H15F3N2S. The van der Waals surface area contributed by atoms with Gasteiger partial charge in [-0.15, -0.1) is 0 Å². The van der Waals surface area contributed by atoms with E-state index in [4.69, 9.17) is 5.73 Å². The van der Waals surface area contributed by atoms with Gasteiger partial charge in [0.15, 0.2) is 0 Å². The Morgan fingerprint density at radius 3 is 2.53 bits per heavy atom. The number of hydrogen-bond acceptors (Lipinski definition) is 2. The minimum absolute atomic E-state index is 0.119. The molecule has 1 saturated carbocycles. The van der Waals surface area contributed by atoms with E-state index in [0.29, 0.717) is 11.6 Å². The summed E-state index contributed by atoms with van der Waals surface area (Å²) in [7, 11) is 1.80. The maximum Gasteiger partial charge on any atom is 0.417 e. The van der Waals surface area contributed by atoms with E-state index in [1.54, 1.807) is 13.1 Å². The molecule has 6 heteroatoms. The Morgan fingerprint density at radius 2 is 2.05 bits per heavy atom. The average molecular weight is 288 g/mol. The standard InChI is InChI=1S/C13H15F3N2S/c1-18(7-8-2-3-8)9-4-5-10(12(17)19)11(6-9)13(14,15)16/h4-6,8H,2-3,7H2,1H3,(H2,17,19). The quantitative estimate of drug-likeness (QED) is 0.863. The van der Waals surface area contributed by atoms with Crippen molar-refractivity contribution in [2.75, 3.05) is 18.5 Å². The highest BCUT2D eigenvalue weighted by molar-refractivity contribution is 7.80. The van der Waals surface area contributed by atoms with E-state index in [1.165, 1.54) is 6.07 Å². The van der Waals surface area contributed by atoms with Crippen molar-refractivity contribution in [3.8, 4) is 0 Å². The van der Waals surface area contributed by atoms with Gasteiger partial charge < -0.3 is 10.6 Å². The summed E-state index contributed by atoms with van der Waals surface area (Å²) in [5.74, 6) is 0.606. The number of nitrogens with zero attached hydrogens (tertiary/aromatic N) is 1. The first-order valence-corrected chi connectivity index (χ1v) is 6.42. The van der Waals surface area contributed by atoms with Crippen molar-refractivity contribution in [3.63, 3.8) is 0 Å². The molecule has 2 nitrogen and oxygen atoms in total. The summed E-state index contributed by atoms with van der Waals surface area (Å²) in [6.45, 7) is 0.781. The second-order valence-electron chi connectivity index (χ2n) is 4.92. The molecule has 1 aromatic rings. The summed E-state index contributed by atoms with van der Waals surface area (Å²) < 4.78 is 39.0. The second-order valence-corrected chi connectivity index (χ2v) is 5.36. The fourth-order valence-electron chi connectivity index (χ4n) is 2.01. The van der Waals surface area contributed by atoms with Crippen molar-refractivity contribution in [3.05, 3.63) is 29.3 Å². The maximum absolute atomic E-state index is 13.0. The van der Waals surface area contributed by atoms with Gasteiger partial charge in [0.1, 0.15) is 4.99 Å². The smallest absolute Gasteiger partial charge is 0.389 e. The molecule has 0 aromatic heterocycles. The Balaban J connectivity index is 2.34. The van der Waals surface area contributed by atoms with Crippen LogP contribution in [0.5, 0.6) is 0 Å². The highest BCUT2D eigenvalue weighted by Gasteiger charge is 2.34. The van der Waals surface area contributed by atoms with Crippen LogP contribution in [0.25, 0.3) is 0 Å². The lowest BCUT2D eigenvalue weighted by atomic mass is 10.1. The van der Waals surface area contributed by atoms with Crippen LogP contribution in [0.3, 0.4) is 0 Å². The molecule has 19 heavy (non-hydrogen) atoms. The Labute approximate surface area is 115 Å². The molecule has 0 spiro atoms. The molecule has 0 radical (unpaired) electrons. The summed E-state index contributed by atoms with van der Waals surface area (Å²) in [4.78, 5) is 1.61. The zero-order valence-corrected chi connectivity index (χ0v) is 11.3. The topological polar surface area (TPSA) is 29.3 Å². The molecule has 1 fully saturated rings. The van der Waals surface area contributed by atoms with E-state index in [0.717, 1.165) is 25.5 Å². The van der Waals surface area contributed by atoms with Crippen molar-refractivity contribution < 1.29 is 13.2 Å². The van der Waals surface area contributed by atoms with Crippen LogP contribution >= 0.6 is 12.2 Å². The first kappa shape index (κ1) is 14.1. The number of anilines is 1. The molecule has 0 aliphatic heterocycles. The number of thiocarbonyl (C=S) groups is 1. The van der Waals surface area contributed by atoms with Gasteiger partial charge in [-0.3, -0.25) is 0 Å². The summed E-state index contributed by atoms with van der Waals surface area (Å²) in [5, 5.41) is 0. The number of nitrogens with two attached hydrogens (primary N) is 1. The van der Waals surface area contributed by atoms with E-state index in [1.807, 2.05) is 4.90 Å². The highest BCUT2D eigenvalue weighted by Crippen LogP contribution is 2.36. The maximum atomic E-state index is 13.0. The van der Waals surface area contributed by atoms with Crippen molar-refractivity contribution in [2.45, 2.75) is 19.0 Å². The lowest BCUT2D eigenvalue weighted by molar-refractivity contribution is -0.137. The summed E-state index contributed by atoms with van der Waals surface area (Å²) >= 11 is 4.67. The van der Waals surface area contributed by atoms with Crippen LogP contribution in [0.1, 0.15) is 24.0 Å². The number of benzene rings is 1. The predicted octanol–water partition coefficient (Wildman–Crippen LogP) is 3.19. The number of rotatable bonds is 4. The predicted molar refractivity (Wildman–Crippen MR) is 73.3 cm³/mol. The van der Waals surface area contributed by atoms with Crippen LogP contribution in [-0.2, 0) is 6.18 Å². The number of alkyl halides is 3. The summed E-state index contributed by atoms with van der Waals surface area (Å²) in [5.41, 5.74) is 5.00. The molecule has 0 unspecified atom stereocenters. The molecule has 1 aromatic carbocycles. The minimum atomic E-state index is -4.45. The minimum Gasteiger partial charge on any atom is -0.389 e. The van der Waals surface area contributed by atoms with Crippen LogP contribution in [0.15, 0.2) is 18.2 Å². The molecule has 104 valence electrons. The van der Waals surface area contributed by atoms with Crippen LogP contribution in [0.4, 0.5) is 18.9 Å². The van der Waals surface area contributed by atoms with E-state index < -0.39 is 11.7 Å². The third-order valence-corrected chi connectivity index (χ3v) is 3.46. The third-order valence-electron chi connectivity index (χ3n) is 3.24. The van der Waals surface area contributed by atoms with Gasteiger partial charge in [0.2, 0.25) is 0 Å². The fourth-order valence-corrected chi connectivity index (χ4v) is 2.19. The van der Waals surface area contributed by atoms with Crippen LogP contribution in [0.2, 0.25) is 0 Å². The van der Waals surface area contributed by atoms with Crippen molar-refractivity contribution >= 4 is 22.9 Å². The largest absolute Gasteiger partial charge is 0.417 e. The van der Waals surface area contributed by atoms with Gasteiger partial charge in [0, 0.05) is 24.8 Å². The molecule has 2 rings (SSSR count). The Morgan fingerprint density at radius 1 is 1.42 bits per heavy atom. The molecular weight excluding hydrogens is 273 g/mol. The third kappa shape index (κ3) is 3.37. The summed E-state index contributed by atoms with van der Waals surface area (Å²) in [6.07, 6.45) is -2.14. The van der Waals surface area contributed by atoms with Gasteiger partial charge in [-0.05, 0) is 37.0 Å². The zero-order chi connectivity index (χ0) is 14.2. The molecule has 2 N–H and O–H groups in total. The molecule has 0 amide bonds. The van der Waals surface area contributed by atoms with Crippen molar-refractivity contribution in [1.29, 1.82) is 0 Å². The molecule has 1 aliphatic rings. The monoisotopic (exact) mass is 288 g/mol. The molecule has 0 bridgehead atoms. The van der Waals surface area contributed by atoms with Gasteiger partial charge in [0.25, 0.3) is 0 Å². The van der Waals surface area contributed by atoms with Crippen LogP contribution < -0.4 is 10.6 Å². The molecule has 0 heterocycles. The van der Waals surface area contributed by atoms with E-state index in [9.17, 15) is 13.2 Å². The van der Waals surface area contributed by atoms with Crippen LogP contribution in [-0.4, -0.2) is 18.6 Å². The van der Waals surface area contributed by atoms with Gasteiger partial charge in [-0.25, -0.2) is 0 Å². The first-order chi connectivity index (χ1) is 8.79. The normalized spacial score (nSPS) is 15.4. The Kier molecular flexibility index (Phi) is 3.71. The van der Waals surface area contributed by atoms with E-state index >= 15 is 0 Å². The zero-order valence-electron chi connectivity index (χ0n) is 10.5. The Bertz CT molecular complexity index is 495. The van der Waals surface area contributed by atoms with Gasteiger partial charge >= 0.3 is 6.18 Å². The first-order valence-electron chi connectivity index (χ1n) is 6.01. The van der Waals surface area contributed by atoms with E-state index in [-0.39, 0.29) is 10.6 Å². The van der Waals surface area contributed by atoms with Crippen molar-refractivity contribution in [1.82, 2.24) is 0 Å². The summed E-state index contributed by atoms with van der Waals surface area (Å²) in [6, 6.07) is 4.10. The second kappa shape index (κ2) is 5.00. The van der Waals surface area contributed by atoms with Gasteiger partial charge in [-0.1, -0.05) is 12.2 Å². The lowest BCUT2D eigenvalue weighted by Crippen LogP contribution is -2.22. The van der Waals surface area contributed by atoms with E-state index in [2.05, 4.69) is 12.2 Å². The van der Waals surface area contributed by atoms with Crippen LogP contribution in [0, 0.1) is 5.92 Å². The van der Waals surface area contributed by atoms with Gasteiger partial charge in [0.05, 0.1) is 5.56 Å². The SMILES string of the molecule is CN(CC1CC1)c1ccc(C(N)=S)c(C(F)(F)F)c1. The number of halogens is 3.